The normalized spacial score (nSPS) is 15.2. The summed E-state index contributed by atoms with van der Waals surface area (Å²) in [6.07, 6.45) is -1.11. The van der Waals surface area contributed by atoms with E-state index in [1.54, 1.807) is 31.3 Å². The molecule has 0 bridgehead atoms. The number of rotatable bonds is 3. The molecule has 1 aliphatic heterocycles. The van der Waals surface area contributed by atoms with E-state index in [2.05, 4.69) is 15.6 Å². The van der Waals surface area contributed by atoms with E-state index >= 15 is 0 Å². The smallest absolute Gasteiger partial charge is 0.311 e. The van der Waals surface area contributed by atoms with Gasteiger partial charge in [0.1, 0.15) is 0 Å². The van der Waals surface area contributed by atoms with E-state index in [-0.39, 0.29) is 5.91 Å². The molecule has 3 amide bonds. The molecule has 4 rings (SSSR count). The van der Waals surface area contributed by atoms with Gasteiger partial charge in [0.05, 0.1) is 23.0 Å². The number of carbonyl (C=O) groups excluding carboxylic acids is 2. The molecule has 1 heterocycles. The highest BCUT2D eigenvalue weighted by atomic mass is 16.2. The topological polar surface area (TPSA) is 97.6 Å². The first-order valence-electron chi connectivity index (χ1n) is 9.64. The summed E-state index contributed by atoms with van der Waals surface area (Å²) in [6, 6.07) is 24.9. The van der Waals surface area contributed by atoms with E-state index in [4.69, 9.17) is 5.26 Å². The number of anilines is 2. The molecule has 152 valence electrons. The molecule has 7 heteroatoms. The highest BCUT2D eigenvalue weighted by Gasteiger charge is 2.30. The highest BCUT2D eigenvalue weighted by Crippen LogP contribution is 2.27. The first-order chi connectivity index (χ1) is 15.1. The summed E-state index contributed by atoms with van der Waals surface area (Å²) < 4.78 is 0. The zero-order valence-electron chi connectivity index (χ0n) is 16.7. The van der Waals surface area contributed by atoms with Gasteiger partial charge in [-0.05, 0) is 30.3 Å². The number of nitrogens with zero attached hydrogens (tertiary/aromatic N) is 3. The first kappa shape index (κ1) is 19.9. The van der Waals surface area contributed by atoms with E-state index in [0.717, 1.165) is 11.1 Å². The third kappa shape index (κ3) is 4.14. The van der Waals surface area contributed by atoms with Gasteiger partial charge < -0.3 is 15.5 Å². The number of nitrogens with one attached hydrogen (secondary N) is 2. The van der Waals surface area contributed by atoms with Crippen molar-refractivity contribution in [3.8, 4) is 6.07 Å². The zero-order chi connectivity index (χ0) is 21.8. The number of aliphatic imine (C=N–C) groups is 1. The van der Waals surface area contributed by atoms with Crippen LogP contribution in [0.15, 0.2) is 83.9 Å². The largest absolute Gasteiger partial charge is 0.321 e. The molecule has 0 aromatic heterocycles. The molecule has 2 N–H and O–H groups in total. The lowest BCUT2D eigenvalue weighted by Crippen LogP contribution is -2.47. The standard InChI is InChI=1S/C24H19N5O2/c1-29-20-10-6-5-9-19(20)21(17-7-3-2-4-8-17)27-22(23(29)30)28-24(31)26-18-13-11-16(15-25)12-14-18/h2-14,22H,1H3,(H2,26,28,31). The molecule has 0 saturated heterocycles. The summed E-state index contributed by atoms with van der Waals surface area (Å²) in [5.41, 5.74) is 3.98. The van der Waals surface area contributed by atoms with Gasteiger partial charge in [0.25, 0.3) is 5.91 Å². The molecule has 0 spiro atoms. The van der Waals surface area contributed by atoms with Crippen molar-refractivity contribution < 1.29 is 9.59 Å². The number of para-hydroxylation sites is 1. The molecule has 1 atom stereocenters. The Morgan fingerprint density at radius 2 is 1.68 bits per heavy atom. The van der Waals surface area contributed by atoms with Crippen LogP contribution in [0.5, 0.6) is 0 Å². The lowest BCUT2D eigenvalue weighted by atomic mass is 10.0. The molecule has 0 saturated carbocycles. The van der Waals surface area contributed by atoms with Crippen molar-refractivity contribution >= 4 is 29.0 Å². The minimum Gasteiger partial charge on any atom is -0.311 e. The van der Waals surface area contributed by atoms with Crippen molar-refractivity contribution in [2.75, 3.05) is 17.3 Å². The Bertz CT molecular complexity index is 1200. The van der Waals surface area contributed by atoms with Crippen LogP contribution in [0.1, 0.15) is 16.7 Å². The second-order valence-corrected chi connectivity index (χ2v) is 6.95. The van der Waals surface area contributed by atoms with Crippen LogP contribution in [0.2, 0.25) is 0 Å². The summed E-state index contributed by atoms with van der Waals surface area (Å²) in [5, 5.41) is 14.2. The molecule has 7 nitrogen and oxygen atoms in total. The van der Waals surface area contributed by atoms with Gasteiger partial charge >= 0.3 is 6.03 Å². The number of nitriles is 1. The van der Waals surface area contributed by atoms with Crippen molar-refractivity contribution in [3.63, 3.8) is 0 Å². The van der Waals surface area contributed by atoms with E-state index in [9.17, 15) is 9.59 Å². The van der Waals surface area contributed by atoms with Crippen LogP contribution in [0.25, 0.3) is 0 Å². The number of hydrogen-bond acceptors (Lipinski definition) is 4. The maximum absolute atomic E-state index is 13.1. The average molecular weight is 409 g/mol. The third-order valence-electron chi connectivity index (χ3n) is 4.93. The quantitative estimate of drug-likeness (QED) is 0.693. The number of carbonyl (C=O) groups is 2. The van der Waals surface area contributed by atoms with Crippen LogP contribution in [0.3, 0.4) is 0 Å². The van der Waals surface area contributed by atoms with Gasteiger partial charge in [-0.1, -0.05) is 48.5 Å². The summed E-state index contributed by atoms with van der Waals surface area (Å²) >= 11 is 0. The first-order valence-corrected chi connectivity index (χ1v) is 9.64. The summed E-state index contributed by atoms with van der Waals surface area (Å²) in [6.45, 7) is 0. The Morgan fingerprint density at radius 3 is 2.39 bits per heavy atom. The van der Waals surface area contributed by atoms with E-state index in [1.807, 2.05) is 60.7 Å². The molecular formula is C24H19N5O2. The van der Waals surface area contributed by atoms with Gasteiger partial charge in [0.2, 0.25) is 6.17 Å². The summed E-state index contributed by atoms with van der Waals surface area (Å²) in [5.74, 6) is -0.353. The Kier molecular flexibility index (Phi) is 5.45. The van der Waals surface area contributed by atoms with Crippen molar-refractivity contribution in [1.82, 2.24) is 5.32 Å². The van der Waals surface area contributed by atoms with Crippen LogP contribution >= 0.6 is 0 Å². The molecule has 31 heavy (non-hydrogen) atoms. The second kappa shape index (κ2) is 8.51. The average Bonchev–Trinajstić information content (AvgIpc) is 2.91. The van der Waals surface area contributed by atoms with Crippen LogP contribution in [0.4, 0.5) is 16.2 Å². The molecule has 0 aliphatic carbocycles. The minimum absolute atomic E-state index is 0.353. The van der Waals surface area contributed by atoms with Gasteiger partial charge in [-0.3, -0.25) is 4.79 Å². The van der Waals surface area contributed by atoms with Gasteiger partial charge in [-0.25, -0.2) is 9.79 Å². The third-order valence-corrected chi connectivity index (χ3v) is 4.93. The van der Waals surface area contributed by atoms with Crippen molar-refractivity contribution in [1.29, 1.82) is 5.26 Å². The lowest BCUT2D eigenvalue weighted by Gasteiger charge is -2.21. The highest BCUT2D eigenvalue weighted by molar-refractivity contribution is 6.20. The second-order valence-electron chi connectivity index (χ2n) is 6.95. The van der Waals surface area contributed by atoms with Crippen LogP contribution in [-0.2, 0) is 4.79 Å². The molecule has 3 aromatic carbocycles. The van der Waals surface area contributed by atoms with Gasteiger partial charge in [0, 0.05) is 23.9 Å². The number of benzene rings is 3. The molecule has 0 radical (unpaired) electrons. The zero-order valence-corrected chi connectivity index (χ0v) is 16.7. The SMILES string of the molecule is CN1C(=O)C(NC(=O)Nc2ccc(C#N)cc2)N=C(c2ccccc2)c2ccccc21. The van der Waals surface area contributed by atoms with Crippen LogP contribution in [0, 0.1) is 11.3 Å². The number of benzodiazepines with no additional fused rings is 1. The molecular weight excluding hydrogens is 390 g/mol. The number of likely N-dealkylation sites (N-methyl/N-ethyl adjacent to an activating group) is 1. The van der Waals surface area contributed by atoms with Crippen molar-refractivity contribution in [2.45, 2.75) is 6.17 Å². The van der Waals surface area contributed by atoms with Crippen molar-refractivity contribution in [2.24, 2.45) is 4.99 Å². The fourth-order valence-corrected chi connectivity index (χ4v) is 3.36. The van der Waals surface area contributed by atoms with Crippen LogP contribution < -0.4 is 15.5 Å². The van der Waals surface area contributed by atoms with Crippen molar-refractivity contribution in [3.05, 3.63) is 95.6 Å². The molecule has 3 aromatic rings. The predicted molar refractivity (Wildman–Crippen MR) is 119 cm³/mol. The Labute approximate surface area is 179 Å². The molecule has 1 unspecified atom stereocenters. The Hall–Kier alpha value is -4.44. The minimum atomic E-state index is -1.11. The van der Waals surface area contributed by atoms with Gasteiger partial charge in [0.15, 0.2) is 0 Å². The Morgan fingerprint density at radius 1 is 1.00 bits per heavy atom. The number of hydrogen-bond donors (Lipinski definition) is 2. The number of amides is 3. The fourth-order valence-electron chi connectivity index (χ4n) is 3.36. The van der Waals surface area contributed by atoms with Crippen LogP contribution in [-0.4, -0.2) is 30.9 Å². The lowest BCUT2D eigenvalue weighted by molar-refractivity contribution is -0.119. The number of urea groups is 1. The molecule has 0 fully saturated rings. The number of fused-ring (bicyclic) bond motifs is 1. The van der Waals surface area contributed by atoms with Gasteiger partial charge in [-0.2, -0.15) is 5.26 Å². The van der Waals surface area contributed by atoms with E-state index in [1.165, 1.54) is 4.90 Å². The molecule has 1 aliphatic rings. The van der Waals surface area contributed by atoms with Gasteiger partial charge in [-0.15, -0.1) is 0 Å². The summed E-state index contributed by atoms with van der Waals surface area (Å²) in [7, 11) is 1.66. The monoisotopic (exact) mass is 409 g/mol. The maximum atomic E-state index is 13.1. The maximum Gasteiger partial charge on any atom is 0.321 e. The van der Waals surface area contributed by atoms with E-state index in [0.29, 0.717) is 22.6 Å². The fraction of sp³-hybridized carbons (Fsp3) is 0.0833. The predicted octanol–water partition coefficient (Wildman–Crippen LogP) is 3.52. The Balaban J connectivity index is 1.66. The summed E-state index contributed by atoms with van der Waals surface area (Å²) in [4.78, 5) is 31.8. The van der Waals surface area contributed by atoms with E-state index < -0.39 is 12.2 Å².